The molecule has 0 aromatic heterocycles. The van der Waals surface area contributed by atoms with E-state index in [2.05, 4.69) is 222 Å². The van der Waals surface area contributed by atoms with Gasteiger partial charge in [-0.2, -0.15) is 0 Å². The predicted octanol–water partition coefficient (Wildman–Crippen LogP) is 14.9. The first-order chi connectivity index (χ1) is 26.2. The summed E-state index contributed by atoms with van der Waals surface area (Å²) >= 11 is 0. The van der Waals surface area contributed by atoms with Crippen LogP contribution in [0.5, 0.6) is 0 Å². The van der Waals surface area contributed by atoms with E-state index in [1.54, 1.807) is 0 Å². The van der Waals surface area contributed by atoms with Gasteiger partial charge in [0, 0.05) is 22.4 Å². The second-order valence-corrected chi connectivity index (χ2v) is 16.2. The van der Waals surface area contributed by atoms with E-state index in [-0.39, 0.29) is 10.8 Å². The zero-order chi connectivity index (χ0) is 37.0. The lowest BCUT2D eigenvalue weighted by molar-refractivity contribution is 0.584. The number of hydrogen-bond acceptors (Lipinski definition) is 1. The first-order valence-electron chi connectivity index (χ1n) is 19.1. The third-order valence-corrected chi connectivity index (χ3v) is 11.5. The van der Waals surface area contributed by atoms with Crippen LogP contribution in [0, 0.1) is 0 Å². The third-order valence-electron chi connectivity index (χ3n) is 11.5. The molecule has 1 heteroatoms. The summed E-state index contributed by atoms with van der Waals surface area (Å²) in [5.41, 5.74) is 17.5. The molecular formula is C53H45N. The molecule has 0 atom stereocenters. The van der Waals surface area contributed by atoms with Gasteiger partial charge in [-0.25, -0.2) is 0 Å². The highest BCUT2D eigenvalue weighted by atomic mass is 15.1. The Bertz CT molecular complexity index is 2630. The molecule has 8 aromatic carbocycles. The van der Waals surface area contributed by atoms with Crippen LogP contribution in [0.25, 0.3) is 55.3 Å². The molecule has 0 saturated heterocycles. The highest BCUT2D eigenvalue weighted by molar-refractivity contribution is 5.99. The Balaban J connectivity index is 1.21. The molecule has 1 aliphatic rings. The molecule has 0 fully saturated rings. The van der Waals surface area contributed by atoms with Gasteiger partial charge in [0.05, 0.1) is 5.69 Å². The Morgan fingerprint density at radius 1 is 0.426 bits per heavy atom. The fraction of sp³-hybridized carbons (Fsp3) is 0.132. The Labute approximate surface area is 320 Å². The highest BCUT2D eigenvalue weighted by Gasteiger charge is 2.38. The molecule has 0 bridgehead atoms. The Morgan fingerprint density at radius 3 is 1.74 bits per heavy atom. The lowest BCUT2D eigenvalue weighted by Gasteiger charge is -2.29. The summed E-state index contributed by atoms with van der Waals surface area (Å²) in [4.78, 5) is 2.43. The monoisotopic (exact) mass is 695 g/mol. The van der Waals surface area contributed by atoms with Crippen LogP contribution in [0.15, 0.2) is 182 Å². The average molecular weight is 696 g/mol. The van der Waals surface area contributed by atoms with Crippen molar-refractivity contribution >= 4 is 27.8 Å². The van der Waals surface area contributed by atoms with Crippen LogP contribution in [-0.2, 0) is 10.8 Å². The maximum atomic E-state index is 2.46. The molecule has 54 heavy (non-hydrogen) atoms. The van der Waals surface area contributed by atoms with Crippen LogP contribution in [0.2, 0.25) is 0 Å². The quantitative estimate of drug-likeness (QED) is 0.167. The van der Waals surface area contributed by atoms with E-state index in [9.17, 15) is 0 Å². The van der Waals surface area contributed by atoms with Crippen molar-refractivity contribution in [3.63, 3.8) is 0 Å². The van der Waals surface area contributed by atoms with Gasteiger partial charge in [-0.05, 0) is 102 Å². The molecule has 0 heterocycles. The molecule has 0 amide bonds. The van der Waals surface area contributed by atoms with E-state index in [4.69, 9.17) is 0 Å². The minimum Gasteiger partial charge on any atom is -0.310 e. The maximum absolute atomic E-state index is 2.46. The smallest absolute Gasteiger partial charge is 0.0540 e. The van der Waals surface area contributed by atoms with Gasteiger partial charge in [-0.3, -0.25) is 0 Å². The molecule has 0 unspecified atom stereocenters. The second-order valence-electron chi connectivity index (χ2n) is 16.2. The van der Waals surface area contributed by atoms with Crippen molar-refractivity contribution in [3.05, 3.63) is 199 Å². The Hall–Kier alpha value is -6.18. The first-order valence-corrected chi connectivity index (χ1v) is 19.1. The van der Waals surface area contributed by atoms with Gasteiger partial charge in [0.1, 0.15) is 0 Å². The van der Waals surface area contributed by atoms with E-state index in [0.29, 0.717) is 0 Å². The fourth-order valence-electron chi connectivity index (χ4n) is 8.50. The minimum absolute atomic E-state index is 0.0784. The summed E-state index contributed by atoms with van der Waals surface area (Å²) < 4.78 is 0. The molecule has 9 rings (SSSR count). The lowest BCUT2D eigenvalue weighted by atomic mass is 9.79. The van der Waals surface area contributed by atoms with Crippen molar-refractivity contribution < 1.29 is 0 Å². The van der Waals surface area contributed by atoms with Crippen molar-refractivity contribution in [2.45, 2.75) is 45.4 Å². The standard InChI is InChI=1S/C53H45N/c1-52(2,3)40-29-34-47-49(35-40)53(4,5)48-23-14-22-46(51(47)48)45-20-11-12-24-50(45)54(41-30-25-37(26-31-41)36-15-7-6-8-16-36)42-32-27-39(28-33-42)44-21-13-18-38-17-9-10-19-43(38)44/h6-35H,1-5H3. The van der Waals surface area contributed by atoms with Gasteiger partial charge < -0.3 is 4.90 Å². The number of para-hydroxylation sites is 1. The summed E-state index contributed by atoms with van der Waals surface area (Å²) in [6, 6.07) is 67.0. The van der Waals surface area contributed by atoms with Crippen molar-refractivity contribution in [1.29, 1.82) is 0 Å². The number of anilines is 3. The molecule has 1 aliphatic carbocycles. The van der Waals surface area contributed by atoms with Gasteiger partial charge in [-0.1, -0.05) is 186 Å². The predicted molar refractivity (Wildman–Crippen MR) is 231 cm³/mol. The van der Waals surface area contributed by atoms with E-state index < -0.39 is 0 Å². The fourth-order valence-corrected chi connectivity index (χ4v) is 8.50. The number of benzene rings is 8. The summed E-state index contributed by atoms with van der Waals surface area (Å²) in [7, 11) is 0. The topological polar surface area (TPSA) is 3.24 Å². The molecule has 1 nitrogen and oxygen atoms in total. The van der Waals surface area contributed by atoms with Crippen LogP contribution >= 0.6 is 0 Å². The zero-order valence-electron chi connectivity index (χ0n) is 31.8. The Kier molecular flexibility index (Phi) is 8.12. The van der Waals surface area contributed by atoms with Gasteiger partial charge in [0.25, 0.3) is 0 Å². The highest BCUT2D eigenvalue weighted by Crippen LogP contribution is 2.54. The van der Waals surface area contributed by atoms with E-state index in [1.807, 2.05) is 0 Å². The maximum Gasteiger partial charge on any atom is 0.0540 e. The second kappa shape index (κ2) is 13.0. The van der Waals surface area contributed by atoms with Gasteiger partial charge in [0.15, 0.2) is 0 Å². The van der Waals surface area contributed by atoms with Crippen LogP contribution in [-0.4, -0.2) is 0 Å². The molecule has 262 valence electrons. The van der Waals surface area contributed by atoms with E-state index >= 15 is 0 Å². The molecule has 0 saturated carbocycles. The van der Waals surface area contributed by atoms with Crippen molar-refractivity contribution in [2.24, 2.45) is 0 Å². The normalized spacial score (nSPS) is 13.1. The molecule has 0 radical (unpaired) electrons. The molecule has 0 aliphatic heterocycles. The van der Waals surface area contributed by atoms with Crippen LogP contribution in [0.3, 0.4) is 0 Å². The van der Waals surface area contributed by atoms with E-state index in [1.165, 1.54) is 72.0 Å². The minimum atomic E-state index is -0.110. The lowest BCUT2D eigenvalue weighted by Crippen LogP contribution is -2.17. The van der Waals surface area contributed by atoms with Crippen LogP contribution in [0.1, 0.15) is 51.3 Å². The van der Waals surface area contributed by atoms with Crippen molar-refractivity contribution in [2.75, 3.05) is 4.90 Å². The van der Waals surface area contributed by atoms with Gasteiger partial charge in [-0.15, -0.1) is 0 Å². The van der Waals surface area contributed by atoms with Gasteiger partial charge in [0.2, 0.25) is 0 Å². The van der Waals surface area contributed by atoms with Crippen LogP contribution in [0.4, 0.5) is 17.1 Å². The zero-order valence-corrected chi connectivity index (χ0v) is 31.8. The SMILES string of the molecule is CC(C)(C)c1ccc2c(c1)C(C)(C)c1cccc(-c3ccccc3N(c3ccc(-c4ccccc4)cc3)c3ccc(-c4cccc5ccccc45)cc3)c1-2. The summed E-state index contributed by atoms with van der Waals surface area (Å²) in [5, 5.41) is 2.52. The largest absolute Gasteiger partial charge is 0.310 e. The molecule has 0 N–H and O–H groups in total. The van der Waals surface area contributed by atoms with Crippen LogP contribution < -0.4 is 4.90 Å². The molecular weight excluding hydrogens is 651 g/mol. The third kappa shape index (κ3) is 5.72. The Morgan fingerprint density at radius 2 is 1.00 bits per heavy atom. The number of nitrogens with zero attached hydrogens (tertiary/aromatic N) is 1. The van der Waals surface area contributed by atoms with E-state index in [0.717, 1.165) is 17.1 Å². The number of rotatable bonds is 6. The number of fused-ring (bicyclic) bond motifs is 4. The number of hydrogen-bond donors (Lipinski definition) is 0. The molecule has 8 aromatic rings. The summed E-state index contributed by atoms with van der Waals surface area (Å²) in [6.45, 7) is 11.7. The summed E-state index contributed by atoms with van der Waals surface area (Å²) in [5.74, 6) is 0. The molecule has 0 spiro atoms. The van der Waals surface area contributed by atoms with Crippen molar-refractivity contribution in [3.8, 4) is 44.5 Å². The van der Waals surface area contributed by atoms with Crippen molar-refractivity contribution in [1.82, 2.24) is 0 Å². The van der Waals surface area contributed by atoms with Gasteiger partial charge >= 0.3 is 0 Å². The first kappa shape index (κ1) is 33.6. The summed E-state index contributed by atoms with van der Waals surface area (Å²) in [6.07, 6.45) is 0. The average Bonchev–Trinajstić information content (AvgIpc) is 3.44.